The monoisotopic (exact) mass is 674 g/mol. The largest absolute Gasteiger partial charge is 0.458 e. The standard InChI is InChI=1S/C31H57BBrO6PSi/c1-22(2)36-40(34,37-23(3)4)26-21-25(33)20-24(16-18-32-38-30(10,11)31(12,13)39-32)27(26)29(8,9)17-19-35-41(14,15)28(5,6)7/h20-23H,16-19H2,1-15H3. The van der Waals surface area contributed by atoms with Crippen LogP contribution in [0.15, 0.2) is 16.6 Å². The number of aryl methyl sites for hydroxylation is 1. The minimum atomic E-state index is -3.68. The van der Waals surface area contributed by atoms with Gasteiger partial charge in [0.15, 0.2) is 8.32 Å². The number of halogens is 1. The van der Waals surface area contributed by atoms with Crippen molar-refractivity contribution in [3.63, 3.8) is 0 Å². The number of hydrogen-bond acceptors (Lipinski definition) is 6. The van der Waals surface area contributed by atoms with Crippen LogP contribution < -0.4 is 5.30 Å². The fraction of sp³-hybridized carbons (Fsp3) is 0.806. The molecule has 0 bridgehead atoms. The Morgan fingerprint density at radius 2 is 1.44 bits per heavy atom. The number of hydrogen-bond donors (Lipinski definition) is 0. The van der Waals surface area contributed by atoms with Crippen LogP contribution in [0.3, 0.4) is 0 Å². The average molecular weight is 676 g/mol. The Balaban J connectivity index is 2.59. The maximum absolute atomic E-state index is 14.7. The average Bonchev–Trinajstić information content (AvgIpc) is 2.95. The zero-order chi connectivity index (χ0) is 31.8. The molecule has 236 valence electrons. The number of rotatable bonds is 13. The fourth-order valence-corrected chi connectivity index (χ4v) is 8.93. The predicted molar refractivity (Wildman–Crippen MR) is 179 cm³/mol. The summed E-state index contributed by atoms with van der Waals surface area (Å²) in [5.41, 5.74) is 0.923. The first-order chi connectivity index (χ1) is 18.3. The van der Waals surface area contributed by atoms with Crippen molar-refractivity contribution in [3.8, 4) is 0 Å². The molecule has 1 saturated heterocycles. The molecule has 1 heterocycles. The maximum Gasteiger partial charge on any atom is 0.458 e. The molecule has 6 nitrogen and oxygen atoms in total. The van der Waals surface area contributed by atoms with E-state index in [1.54, 1.807) is 0 Å². The number of benzene rings is 1. The lowest BCUT2D eigenvalue weighted by Crippen LogP contribution is -2.42. The van der Waals surface area contributed by atoms with Gasteiger partial charge in [-0.25, -0.2) is 0 Å². The molecule has 0 unspecified atom stereocenters. The molecule has 10 heteroatoms. The van der Waals surface area contributed by atoms with Crippen LogP contribution in [0.5, 0.6) is 0 Å². The summed E-state index contributed by atoms with van der Waals surface area (Å²) in [6.45, 7) is 32.2. The summed E-state index contributed by atoms with van der Waals surface area (Å²) in [7, 11) is -5.93. The van der Waals surface area contributed by atoms with E-state index in [9.17, 15) is 4.57 Å². The topological polar surface area (TPSA) is 63.2 Å². The van der Waals surface area contributed by atoms with Crippen LogP contribution >= 0.6 is 23.5 Å². The molecule has 1 aliphatic heterocycles. The summed E-state index contributed by atoms with van der Waals surface area (Å²) < 4.78 is 47.1. The van der Waals surface area contributed by atoms with Crippen molar-refractivity contribution in [3.05, 3.63) is 27.7 Å². The summed E-state index contributed by atoms with van der Waals surface area (Å²) in [6.07, 6.45) is 1.58. The molecule has 0 N–H and O–H groups in total. The third kappa shape index (κ3) is 9.26. The van der Waals surface area contributed by atoms with Gasteiger partial charge in [-0.1, -0.05) is 50.5 Å². The van der Waals surface area contributed by atoms with E-state index in [2.05, 4.69) is 97.4 Å². The Hall–Kier alpha value is 0.0118. The van der Waals surface area contributed by atoms with Crippen molar-refractivity contribution in [1.82, 2.24) is 0 Å². The normalized spacial score (nSPS) is 18.1. The smallest absolute Gasteiger partial charge is 0.417 e. The molecule has 0 amide bonds. The third-order valence-corrected chi connectivity index (χ3v) is 16.1. The van der Waals surface area contributed by atoms with E-state index < -0.39 is 27.1 Å². The molecule has 2 rings (SSSR count). The predicted octanol–water partition coefficient (Wildman–Crippen LogP) is 9.44. The van der Waals surface area contributed by atoms with Crippen molar-refractivity contribution >= 4 is 44.3 Å². The van der Waals surface area contributed by atoms with Crippen molar-refractivity contribution in [1.29, 1.82) is 0 Å². The zero-order valence-corrected chi connectivity index (χ0v) is 32.0. The molecule has 0 aliphatic carbocycles. The Kier molecular flexibility index (Phi) is 11.9. The molecule has 1 fully saturated rings. The highest BCUT2D eigenvalue weighted by Gasteiger charge is 2.51. The molecule has 41 heavy (non-hydrogen) atoms. The SMILES string of the molecule is CC(C)OP(=O)(OC(C)C)c1cc(Br)cc(CCB2OC(C)(C)C(C)(C)O2)c1C(C)(C)CCO[Si](C)(C)C(C)(C)C. The van der Waals surface area contributed by atoms with Gasteiger partial charge in [-0.15, -0.1) is 0 Å². The van der Waals surface area contributed by atoms with E-state index in [1.165, 1.54) is 0 Å². The zero-order valence-electron chi connectivity index (χ0n) is 28.5. The van der Waals surface area contributed by atoms with Crippen molar-refractivity contribution in [2.75, 3.05) is 6.61 Å². The summed E-state index contributed by atoms with van der Waals surface area (Å²) >= 11 is 3.72. The van der Waals surface area contributed by atoms with Gasteiger partial charge in [-0.2, -0.15) is 0 Å². The Morgan fingerprint density at radius 1 is 0.951 bits per heavy atom. The highest BCUT2D eigenvalue weighted by molar-refractivity contribution is 9.10. The van der Waals surface area contributed by atoms with Crippen LogP contribution in [-0.2, 0) is 39.2 Å². The molecular weight excluding hydrogens is 618 g/mol. The van der Waals surface area contributed by atoms with E-state index in [0.29, 0.717) is 24.7 Å². The van der Waals surface area contributed by atoms with Crippen LogP contribution in [0.25, 0.3) is 0 Å². The molecule has 0 saturated carbocycles. The maximum atomic E-state index is 14.7. The van der Waals surface area contributed by atoms with Gasteiger partial charge in [-0.05, 0) is 121 Å². The quantitative estimate of drug-likeness (QED) is 0.153. The van der Waals surface area contributed by atoms with Gasteiger partial charge in [0.1, 0.15) is 0 Å². The molecule has 1 aromatic rings. The molecule has 1 aromatic carbocycles. The van der Waals surface area contributed by atoms with Gasteiger partial charge in [-0.3, -0.25) is 4.57 Å². The highest BCUT2D eigenvalue weighted by atomic mass is 79.9. The van der Waals surface area contributed by atoms with E-state index in [4.69, 9.17) is 22.8 Å². The molecule has 0 spiro atoms. The minimum Gasteiger partial charge on any atom is -0.417 e. The van der Waals surface area contributed by atoms with E-state index in [0.717, 1.165) is 22.0 Å². The lowest BCUT2D eigenvalue weighted by molar-refractivity contribution is 0.00578. The lowest BCUT2D eigenvalue weighted by Gasteiger charge is -2.38. The van der Waals surface area contributed by atoms with Crippen molar-refractivity contribution in [2.24, 2.45) is 0 Å². The highest BCUT2D eigenvalue weighted by Crippen LogP contribution is 2.53. The first-order valence-electron chi connectivity index (χ1n) is 15.1. The molecule has 0 atom stereocenters. The van der Waals surface area contributed by atoms with Crippen LogP contribution in [0.2, 0.25) is 24.5 Å². The summed E-state index contributed by atoms with van der Waals surface area (Å²) in [6, 6.07) is 4.06. The van der Waals surface area contributed by atoms with Crippen LogP contribution in [0, 0.1) is 0 Å². The van der Waals surface area contributed by atoms with Gasteiger partial charge in [0.05, 0.1) is 28.7 Å². The molecule has 0 radical (unpaired) electrons. The van der Waals surface area contributed by atoms with Gasteiger partial charge in [0.25, 0.3) is 0 Å². The minimum absolute atomic E-state index is 0.125. The van der Waals surface area contributed by atoms with Crippen LogP contribution in [0.1, 0.15) is 108 Å². The Bertz CT molecular complexity index is 1070. The van der Waals surface area contributed by atoms with E-state index in [-0.39, 0.29) is 29.8 Å². The molecular formula is C31H57BBrO6PSi. The second kappa shape index (κ2) is 13.2. The first-order valence-corrected chi connectivity index (χ1v) is 20.4. The van der Waals surface area contributed by atoms with E-state index >= 15 is 0 Å². The van der Waals surface area contributed by atoms with Crippen LogP contribution in [0.4, 0.5) is 0 Å². The first kappa shape index (κ1) is 37.2. The molecule has 1 aliphatic rings. The van der Waals surface area contributed by atoms with Crippen molar-refractivity contribution < 1.29 is 27.3 Å². The summed E-state index contributed by atoms with van der Waals surface area (Å²) in [5, 5.41) is 0.746. The Labute approximate surface area is 261 Å². The summed E-state index contributed by atoms with van der Waals surface area (Å²) in [4.78, 5) is 0. The van der Waals surface area contributed by atoms with Gasteiger partial charge < -0.3 is 22.8 Å². The van der Waals surface area contributed by atoms with Gasteiger partial charge in [0, 0.05) is 11.1 Å². The van der Waals surface area contributed by atoms with Crippen molar-refractivity contribution in [2.45, 2.75) is 156 Å². The Morgan fingerprint density at radius 3 is 1.88 bits per heavy atom. The second-order valence-electron chi connectivity index (χ2n) is 15.2. The third-order valence-electron chi connectivity index (χ3n) is 8.78. The van der Waals surface area contributed by atoms with Crippen LogP contribution in [-0.4, -0.2) is 45.5 Å². The summed E-state index contributed by atoms with van der Waals surface area (Å²) in [5.74, 6) is 0. The lowest BCUT2D eigenvalue weighted by atomic mass is 9.75. The second-order valence-corrected chi connectivity index (χ2v) is 22.9. The fourth-order valence-electron chi connectivity index (χ4n) is 4.79. The van der Waals surface area contributed by atoms with Gasteiger partial charge in [0.2, 0.25) is 0 Å². The molecule has 0 aromatic heterocycles. The van der Waals surface area contributed by atoms with Gasteiger partial charge >= 0.3 is 14.7 Å². The van der Waals surface area contributed by atoms with E-state index in [1.807, 2.05) is 33.8 Å².